The molecule has 0 bridgehead atoms. The highest BCUT2D eigenvalue weighted by Crippen LogP contribution is 2.21. The molecule has 0 aliphatic carbocycles. The van der Waals surface area contributed by atoms with Gasteiger partial charge in [-0.1, -0.05) is 12.1 Å². The van der Waals surface area contributed by atoms with Gasteiger partial charge in [0.1, 0.15) is 11.5 Å². The Morgan fingerprint density at radius 1 is 1.20 bits per heavy atom. The second-order valence-electron chi connectivity index (χ2n) is 5.85. The van der Waals surface area contributed by atoms with Crippen LogP contribution in [0.3, 0.4) is 0 Å². The number of hydrogen-bond donors (Lipinski definition) is 4. The van der Waals surface area contributed by atoms with E-state index >= 15 is 0 Å². The normalized spacial score (nSPS) is 14.8. The summed E-state index contributed by atoms with van der Waals surface area (Å²) in [7, 11) is 0. The molecule has 1 aliphatic heterocycles. The van der Waals surface area contributed by atoms with Crippen LogP contribution in [0, 0.1) is 0 Å². The Morgan fingerprint density at radius 2 is 2.04 bits per heavy atom. The van der Waals surface area contributed by atoms with Crippen LogP contribution in [-0.4, -0.2) is 34.8 Å². The fourth-order valence-corrected chi connectivity index (χ4v) is 2.89. The number of benzene rings is 1. The number of aromatic nitrogens is 2. The third kappa shape index (κ3) is 2.97. The first kappa shape index (κ1) is 15.3. The maximum absolute atomic E-state index is 12.5. The Hall–Kier alpha value is -3.19. The molecule has 1 unspecified atom stereocenters. The number of carbonyl (C=O) groups excluding carboxylic acids is 1. The fraction of sp³-hybridized carbons (Fsp3) is 0.167. The van der Waals surface area contributed by atoms with Crippen molar-refractivity contribution in [1.29, 1.82) is 0 Å². The first-order chi connectivity index (χ1) is 12.2. The van der Waals surface area contributed by atoms with E-state index in [1.54, 1.807) is 30.6 Å². The molecule has 1 amide bonds. The van der Waals surface area contributed by atoms with Crippen LogP contribution in [0.25, 0.3) is 11.0 Å². The number of anilines is 1. The molecule has 0 spiro atoms. The number of H-pyrrole nitrogens is 1. The van der Waals surface area contributed by atoms with Gasteiger partial charge in [-0.05, 0) is 29.8 Å². The van der Waals surface area contributed by atoms with Gasteiger partial charge in [0.2, 0.25) is 0 Å². The number of aromatic amines is 1. The van der Waals surface area contributed by atoms with E-state index in [9.17, 15) is 4.79 Å². The van der Waals surface area contributed by atoms with Crippen LogP contribution in [0.2, 0.25) is 0 Å². The first-order valence-corrected chi connectivity index (χ1v) is 8.09. The zero-order valence-corrected chi connectivity index (χ0v) is 13.5. The molecule has 1 atom stereocenters. The summed E-state index contributed by atoms with van der Waals surface area (Å²) in [6.07, 6.45) is 3.45. The lowest BCUT2D eigenvalue weighted by atomic mass is 10.0. The number of amides is 1. The van der Waals surface area contributed by atoms with Gasteiger partial charge in [0, 0.05) is 29.9 Å². The van der Waals surface area contributed by atoms with Gasteiger partial charge in [-0.25, -0.2) is 4.98 Å². The second-order valence-corrected chi connectivity index (χ2v) is 5.85. The molecule has 126 valence electrons. The summed E-state index contributed by atoms with van der Waals surface area (Å²) in [5.74, 6) is 0.619. The molecule has 0 saturated heterocycles. The molecule has 2 aromatic heterocycles. The Bertz CT molecular complexity index is 944. The molecule has 1 aliphatic rings. The molecule has 4 rings (SSSR count). The van der Waals surface area contributed by atoms with Gasteiger partial charge in [-0.3, -0.25) is 9.79 Å². The average molecular weight is 334 g/mol. The minimum Gasteiger partial charge on any atom is -0.370 e. The Kier molecular flexibility index (Phi) is 3.91. The predicted octanol–water partition coefficient (Wildman–Crippen LogP) is 1.82. The summed E-state index contributed by atoms with van der Waals surface area (Å²) < 4.78 is 0. The monoisotopic (exact) mass is 334 g/mol. The van der Waals surface area contributed by atoms with Crippen molar-refractivity contribution in [3.05, 3.63) is 59.9 Å². The van der Waals surface area contributed by atoms with E-state index in [4.69, 9.17) is 5.73 Å². The highest BCUT2D eigenvalue weighted by atomic mass is 16.1. The van der Waals surface area contributed by atoms with E-state index in [2.05, 4.69) is 25.6 Å². The minimum absolute atomic E-state index is 0.176. The number of nitrogens with two attached hydrogens (primary N) is 1. The molecule has 7 heteroatoms. The number of nitrogens with one attached hydrogen (secondary N) is 3. The van der Waals surface area contributed by atoms with E-state index in [0.29, 0.717) is 5.56 Å². The van der Waals surface area contributed by atoms with Crippen molar-refractivity contribution in [2.24, 2.45) is 10.7 Å². The van der Waals surface area contributed by atoms with Crippen LogP contribution in [0.4, 0.5) is 5.69 Å². The molecular weight excluding hydrogens is 316 g/mol. The number of nitrogens with zero attached hydrogens (tertiary/aromatic N) is 2. The molecular formula is C18H18N6O. The van der Waals surface area contributed by atoms with Crippen LogP contribution in [0.5, 0.6) is 0 Å². The summed E-state index contributed by atoms with van der Waals surface area (Å²) in [4.78, 5) is 24.1. The number of fused-ring (bicyclic) bond motifs is 1. The van der Waals surface area contributed by atoms with Gasteiger partial charge < -0.3 is 21.4 Å². The first-order valence-electron chi connectivity index (χ1n) is 8.09. The van der Waals surface area contributed by atoms with Crippen LogP contribution in [-0.2, 0) is 0 Å². The van der Waals surface area contributed by atoms with Gasteiger partial charge in [0.25, 0.3) is 5.91 Å². The molecule has 25 heavy (non-hydrogen) atoms. The summed E-state index contributed by atoms with van der Waals surface area (Å²) in [6, 6.07) is 10.6. The summed E-state index contributed by atoms with van der Waals surface area (Å²) in [5, 5.41) is 6.98. The van der Waals surface area contributed by atoms with Crippen LogP contribution < -0.4 is 16.4 Å². The Labute approximate surface area is 144 Å². The summed E-state index contributed by atoms with van der Waals surface area (Å²) in [6.45, 7) is 1.58. The number of carbonyl (C=O) groups is 1. The largest absolute Gasteiger partial charge is 0.370 e. The lowest BCUT2D eigenvalue weighted by molar-refractivity contribution is 0.102. The fourth-order valence-electron chi connectivity index (χ4n) is 2.89. The molecule has 0 fully saturated rings. The van der Waals surface area contributed by atoms with Crippen molar-refractivity contribution in [1.82, 2.24) is 15.3 Å². The molecule has 3 heterocycles. The van der Waals surface area contributed by atoms with Gasteiger partial charge in [0.05, 0.1) is 18.3 Å². The van der Waals surface area contributed by atoms with Gasteiger partial charge in [-0.2, -0.15) is 0 Å². The Morgan fingerprint density at radius 3 is 2.80 bits per heavy atom. The second kappa shape index (κ2) is 6.37. The third-order valence-electron chi connectivity index (χ3n) is 4.24. The predicted molar refractivity (Wildman–Crippen MR) is 97.7 cm³/mol. The van der Waals surface area contributed by atoms with Crippen molar-refractivity contribution in [2.45, 2.75) is 6.04 Å². The minimum atomic E-state index is -0.292. The van der Waals surface area contributed by atoms with Gasteiger partial charge >= 0.3 is 0 Å². The number of aliphatic imine (C=N–C) groups is 1. The van der Waals surface area contributed by atoms with Crippen LogP contribution in [0.1, 0.15) is 22.0 Å². The van der Waals surface area contributed by atoms with Crippen molar-refractivity contribution in [2.75, 3.05) is 18.4 Å². The SMILES string of the molecule is NC(C1=NCCN1)c1ccc(C(=O)Nc2ccnc3[nH]ccc23)cc1. The summed E-state index contributed by atoms with van der Waals surface area (Å²) in [5.41, 5.74) is 9.15. The molecule has 1 aromatic carbocycles. The standard InChI is InChI=1S/C18H18N6O/c19-15(17-22-9-10-23-17)11-1-3-12(4-2-11)18(25)24-14-6-8-21-16-13(14)5-7-20-16/h1-8,15H,9-10,19H2,(H,22,23)(H2,20,21,24,25). The quantitative estimate of drug-likeness (QED) is 0.583. The van der Waals surface area contributed by atoms with Crippen LogP contribution in [0.15, 0.2) is 53.8 Å². The Balaban J connectivity index is 1.52. The lowest BCUT2D eigenvalue weighted by Gasteiger charge is -2.13. The number of pyridine rings is 1. The molecule has 5 N–H and O–H groups in total. The van der Waals surface area contributed by atoms with Crippen LogP contribution >= 0.6 is 0 Å². The zero-order valence-electron chi connectivity index (χ0n) is 13.5. The van der Waals surface area contributed by atoms with Crippen molar-refractivity contribution in [3.8, 4) is 0 Å². The maximum Gasteiger partial charge on any atom is 0.255 e. The smallest absolute Gasteiger partial charge is 0.255 e. The van der Waals surface area contributed by atoms with Crippen molar-refractivity contribution in [3.63, 3.8) is 0 Å². The van der Waals surface area contributed by atoms with E-state index in [1.807, 2.05) is 18.2 Å². The molecule has 0 saturated carbocycles. The molecule has 7 nitrogen and oxygen atoms in total. The zero-order chi connectivity index (χ0) is 17.2. The number of amidine groups is 1. The van der Waals surface area contributed by atoms with Gasteiger partial charge in [-0.15, -0.1) is 0 Å². The highest BCUT2D eigenvalue weighted by Gasteiger charge is 2.17. The maximum atomic E-state index is 12.5. The van der Waals surface area contributed by atoms with Crippen molar-refractivity contribution < 1.29 is 4.79 Å². The average Bonchev–Trinajstić information content (AvgIpc) is 3.33. The van der Waals surface area contributed by atoms with E-state index in [-0.39, 0.29) is 11.9 Å². The molecule has 0 radical (unpaired) electrons. The lowest BCUT2D eigenvalue weighted by Crippen LogP contribution is -2.31. The third-order valence-corrected chi connectivity index (χ3v) is 4.24. The van der Waals surface area contributed by atoms with E-state index in [1.165, 1.54) is 0 Å². The molecule has 3 aromatic rings. The summed E-state index contributed by atoms with van der Waals surface area (Å²) >= 11 is 0. The number of rotatable bonds is 4. The van der Waals surface area contributed by atoms with Crippen molar-refractivity contribution >= 4 is 28.5 Å². The van der Waals surface area contributed by atoms with Gasteiger partial charge in [0.15, 0.2) is 0 Å². The topological polar surface area (TPSA) is 108 Å². The van der Waals surface area contributed by atoms with E-state index < -0.39 is 0 Å². The highest BCUT2D eigenvalue weighted by molar-refractivity contribution is 6.08. The number of hydrogen-bond acceptors (Lipinski definition) is 5. The van der Waals surface area contributed by atoms with E-state index in [0.717, 1.165) is 41.2 Å².